The normalized spacial score (nSPS) is 21.5. The van der Waals surface area contributed by atoms with Crippen molar-refractivity contribution in [2.24, 2.45) is 0 Å². The number of aliphatic hydroxyl groups is 1. The molecule has 1 aromatic carbocycles. The Balaban J connectivity index is 1.33. The summed E-state index contributed by atoms with van der Waals surface area (Å²) < 4.78 is 35.9. The van der Waals surface area contributed by atoms with Gasteiger partial charge < -0.3 is 9.84 Å². The first-order valence-electron chi connectivity index (χ1n) is 10.6. The van der Waals surface area contributed by atoms with E-state index in [1.807, 2.05) is 25.3 Å². The highest BCUT2D eigenvalue weighted by molar-refractivity contribution is 7.89. The third-order valence-corrected chi connectivity index (χ3v) is 7.12. The van der Waals surface area contributed by atoms with Crippen LogP contribution in [0.1, 0.15) is 24.8 Å². The molecule has 4 rings (SSSR count). The average Bonchev–Trinajstić information content (AvgIpc) is 3.28. The second kappa shape index (κ2) is 9.86. The Bertz CT molecular complexity index is 1120. The monoisotopic (exact) mass is 457 g/mol. The van der Waals surface area contributed by atoms with Gasteiger partial charge in [0.05, 0.1) is 35.9 Å². The number of ether oxygens (including phenoxy) is 1. The molecule has 0 spiro atoms. The number of nitrogens with one attached hydrogen (secondary N) is 1. The van der Waals surface area contributed by atoms with E-state index in [4.69, 9.17) is 4.74 Å². The molecule has 1 aliphatic rings. The average molecular weight is 458 g/mol. The summed E-state index contributed by atoms with van der Waals surface area (Å²) in [6, 6.07) is 9.97. The minimum Gasteiger partial charge on any atom is -0.394 e. The minimum atomic E-state index is -3.68. The van der Waals surface area contributed by atoms with Crippen LogP contribution in [-0.4, -0.2) is 58.4 Å². The van der Waals surface area contributed by atoms with E-state index in [2.05, 4.69) is 20.0 Å². The topological polar surface area (TPSA) is 119 Å². The van der Waals surface area contributed by atoms with Gasteiger partial charge in [0.15, 0.2) is 0 Å². The molecule has 0 aliphatic carbocycles. The van der Waals surface area contributed by atoms with Crippen molar-refractivity contribution in [3.63, 3.8) is 0 Å². The summed E-state index contributed by atoms with van der Waals surface area (Å²) in [6.07, 6.45) is 6.56. The van der Waals surface area contributed by atoms with Crippen LogP contribution in [0.4, 0.5) is 0 Å². The van der Waals surface area contributed by atoms with E-state index in [1.54, 1.807) is 41.3 Å². The van der Waals surface area contributed by atoms with Gasteiger partial charge in [-0.15, -0.1) is 5.10 Å². The van der Waals surface area contributed by atoms with E-state index in [0.29, 0.717) is 25.8 Å². The molecule has 2 N–H and O–H groups in total. The van der Waals surface area contributed by atoms with Crippen molar-refractivity contribution in [1.29, 1.82) is 0 Å². The zero-order valence-corrected chi connectivity index (χ0v) is 18.6. The first kappa shape index (κ1) is 22.5. The van der Waals surface area contributed by atoms with Gasteiger partial charge in [0.2, 0.25) is 10.0 Å². The van der Waals surface area contributed by atoms with Crippen LogP contribution in [0.15, 0.2) is 59.9 Å². The molecular weight excluding hydrogens is 430 g/mol. The second-order valence-electron chi connectivity index (χ2n) is 7.99. The van der Waals surface area contributed by atoms with E-state index in [9.17, 15) is 13.5 Å². The Morgan fingerprint density at radius 2 is 2.03 bits per heavy atom. The van der Waals surface area contributed by atoms with Crippen molar-refractivity contribution in [3.05, 3.63) is 60.6 Å². The van der Waals surface area contributed by atoms with Gasteiger partial charge >= 0.3 is 0 Å². The van der Waals surface area contributed by atoms with Gasteiger partial charge in [-0.25, -0.2) is 13.1 Å². The molecule has 170 valence electrons. The Morgan fingerprint density at radius 1 is 1.22 bits per heavy atom. The number of sulfonamides is 1. The summed E-state index contributed by atoms with van der Waals surface area (Å²) in [5.41, 5.74) is 2.64. The van der Waals surface area contributed by atoms with E-state index < -0.39 is 22.2 Å². The third-order valence-electron chi connectivity index (χ3n) is 5.61. The molecule has 1 saturated heterocycles. The lowest BCUT2D eigenvalue weighted by Crippen LogP contribution is -2.50. The zero-order chi connectivity index (χ0) is 22.6. The third kappa shape index (κ3) is 5.39. The van der Waals surface area contributed by atoms with Crippen LogP contribution in [-0.2, 0) is 21.3 Å². The predicted octanol–water partition coefficient (Wildman–Crippen LogP) is 1.93. The van der Waals surface area contributed by atoms with Crippen molar-refractivity contribution < 1.29 is 18.3 Å². The van der Waals surface area contributed by atoms with Gasteiger partial charge in [-0.3, -0.25) is 9.67 Å². The van der Waals surface area contributed by atoms with Crippen LogP contribution in [0.2, 0.25) is 0 Å². The largest absolute Gasteiger partial charge is 0.394 e. The number of aliphatic hydroxyl groups excluding tert-OH is 1. The van der Waals surface area contributed by atoms with Gasteiger partial charge in [0.1, 0.15) is 5.69 Å². The van der Waals surface area contributed by atoms with Gasteiger partial charge in [-0.05, 0) is 50.5 Å². The summed E-state index contributed by atoms with van der Waals surface area (Å²) >= 11 is 0. The predicted molar refractivity (Wildman–Crippen MR) is 118 cm³/mol. The Labute approximate surface area is 187 Å². The van der Waals surface area contributed by atoms with Crippen LogP contribution in [0.25, 0.3) is 11.3 Å². The van der Waals surface area contributed by atoms with E-state index in [1.165, 1.54) is 0 Å². The number of benzene rings is 1. The number of aromatic nitrogens is 4. The van der Waals surface area contributed by atoms with Gasteiger partial charge in [0, 0.05) is 24.5 Å². The lowest BCUT2D eigenvalue weighted by molar-refractivity contribution is -0.0891. The standard InChI is InChI=1S/C22H27N5O4S/c1-16-4-7-19(8-5-16)32(29,30)25-20-9-6-18(31-22(20)15-28)10-12-27-14-21(24-26-27)17-3-2-11-23-13-17/h2-5,7-8,11,13-14,18,20,22,25,28H,6,9-10,12,15H2,1H3/t18-,20+,22-/m0/s1. The van der Waals surface area contributed by atoms with Gasteiger partial charge in [-0.2, -0.15) is 0 Å². The quantitative estimate of drug-likeness (QED) is 0.530. The van der Waals surface area contributed by atoms with Crippen molar-refractivity contribution >= 4 is 10.0 Å². The van der Waals surface area contributed by atoms with Crippen molar-refractivity contribution in [2.45, 2.75) is 55.9 Å². The molecule has 2 aromatic heterocycles. The molecule has 10 heteroatoms. The highest BCUT2D eigenvalue weighted by Gasteiger charge is 2.33. The number of hydrogen-bond acceptors (Lipinski definition) is 7. The summed E-state index contributed by atoms with van der Waals surface area (Å²) in [4.78, 5) is 4.30. The fourth-order valence-electron chi connectivity index (χ4n) is 3.79. The highest BCUT2D eigenvalue weighted by atomic mass is 32.2. The van der Waals surface area contributed by atoms with E-state index >= 15 is 0 Å². The fraction of sp³-hybridized carbons (Fsp3) is 0.409. The maximum absolute atomic E-state index is 12.7. The Hall–Kier alpha value is -2.66. The molecule has 0 unspecified atom stereocenters. The molecule has 3 atom stereocenters. The van der Waals surface area contributed by atoms with E-state index in [0.717, 1.165) is 16.8 Å². The molecule has 3 aromatic rings. The maximum Gasteiger partial charge on any atom is 0.240 e. The fourth-order valence-corrected chi connectivity index (χ4v) is 5.09. The first-order chi connectivity index (χ1) is 15.4. The van der Waals surface area contributed by atoms with Crippen molar-refractivity contribution in [1.82, 2.24) is 24.7 Å². The van der Waals surface area contributed by atoms with Gasteiger partial charge in [0.25, 0.3) is 0 Å². The van der Waals surface area contributed by atoms with Crippen LogP contribution in [0.5, 0.6) is 0 Å². The first-order valence-corrected chi connectivity index (χ1v) is 12.1. The summed E-state index contributed by atoms with van der Waals surface area (Å²) in [5, 5.41) is 18.1. The lowest BCUT2D eigenvalue weighted by atomic mass is 9.98. The number of pyridine rings is 1. The SMILES string of the molecule is Cc1ccc(S(=O)(=O)N[C@@H]2CC[C@@H](CCn3cc(-c4cccnc4)nn3)O[C@H]2CO)cc1. The summed E-state index contributed by atoms with van der Waals surface area (Å²) in [7, 11) is -3.68. The van der Waals surface area contributed by atoms with E-state index in [-0.39, 0.29) is 17.6 Å². The number of hydrogen-bond donors (Lipinski definition) is 2. The highest BCUT2D eigenvalue weighted by Crippen LogP contribution is 2.24. The van der Waals surface area contributed by atoms with Gasteiger partial charge in [-0.1, -0.05) is 22.9 Å². The second-order valence-corrected chi connectivity index (χ2v) is 9.71. The molecule has 0 bridgehead atoms. The van der Waals surface area contributed by atoms with Crippen LogP contribution in [0, 0.1) is 6.92 Å². The molecule has 3 heterocycles. The molecule has 9 nitrogen and oxygen atoms in total. The molecule has 1 aliphatic heterocycles. The van der Waals surface area contributed by atoms with Crippen molar-refractivity contribution in [3.8, 4) is 11.3 Å². The minimum absolute atomic E-state index is 0.0988. The van der Waals surface area contributed by atoms with Crippen LogP contribution >= 0.6 is 0 Å². The van der Waals surface area contributed by atoms with Crippen LogP contribution < -0.4 is 4.72 Å². The maximum atomic E-state index is 12.7. The molecule has 0 amide bonds. The number of aryl methyl sites for hydroxylation is 2. The number of rotatable bonds is 8. The molecule has 1 fully saturated rings. The number of nitrogens with zero attached hydrogens (tertiary/aromatic N) is 4. The molecule has 32 heavy (non-hydrogen) atoms. The molecule has 0 radical (unpaired) electrons. The molecular formula is C22H27N5O4S. The van der Waals surface area contributed by atoms with Crippen molar-refractivity contribution in [2.75, 3.05) is 6.61 Å². The lowest BCUT2D eigenvalue weighted by Gasteiger charge is -2.36. The summed E-state index contributed by atoms with van der Waals surface area (Å²) in [6.45, 7) is 2.25. The molecule has 0 saturated carbocycles. The Kier molecular flexibility index (Phi) is 6.95. The zero-order valence-electron chi connectivity index (χ0n) is 17.8. The summed E-state index contributed by atoms with van der Waals surface area (Å²) in [5.74, 6) is 0. The van der Waals surface area contributed by atoms with Crippen LogP contribution in [0.3, 0.4) is 0 Å². The smallest absolute Gasteiger partial charge is 0.240 e. The Morgan fingerprint density at radius 3 is 2.75 bits per heavy atom.